The van der Waals surface area contributed by atoms with Crippen molar-refractivity contribution < 1.29 is 86.8 Å². The third-order valence-electron chi connectivity index (χ3n) is 15.0. The minimum Gasteiger partial charge on any atom is -0.460 e. The molecule has 0 radical (unpaired) electrons. The van der Waals surface area contributed by atoms with Crippen LogP contribution in [0.3, 0.4) is 0 Å². The molecule has 0 aliphatic carbocycles. The van der Waals surface area contributed by atoms with Crippen molar-refractivity contribution in [3.8, 4) is 0 Å². The Morgan fingerprint density at radius 3 is 1.05 bits per heavy atom. The molecule has 5 amide bonds. The van der Waals surface area contributed by atoms with Gasteiger partial charge >= 0.3 is 42.4 Å². The Morgan fingerprint density at radius 2 is 0.734 bits per heavy atom. The average molecular weight is 1420 g/mol. The highest BCUT2D eigenvalue weighted by Gasteiger charge is 2.45. The highest BCUT2D eigenvalue weighted by atomic mass is 127. The van der Waals surface area contributed by atoms with Gasteiger partial charge in [-0.3, -0.25) is 9.59 Å². The number of ether oxygens (including phenoxy) is 8. The molecule has 5 saturated heterocycles. The number of likely N-dealkylation sites (tertiary alicyclic amines) is 4. The summed E-state index contributed by atoms with van der Waals surface area (Å²) in [6.45, 7) is 20.4. The summed E-state index contributed by atoms with van der Waals surface area (Å²) in [6, 6.07) is 37.6. The van der Waals surface area contributed by atoms with Gasteiger partial charge in [0.25, 0.3) is 0 Å². The first-order chi connectivity index (χ1) is 44.6. The maximum absolute atomic E-state index is 12.2. The maximum Gasteiger partial charge on any atom is 0.410 e. The van der Waals surface area contributed by atoms with Crippen LogP contribution in [0.2, 0.25) is 0 Å². The van der Waals surface area contributed by atoms with E-state index in [-0.39, 0.29) is 88.3 Å². The van der Waals surface area contributed by atoms with Crippen LogP contribution in [0.15, 0.2) is 121 Å². The molecule has 4 aromatic carbocycles. The molecular formula is C70H98IN5O18. The number of epoxide rings is 1. The third-order valence-corrected chi connectivity index (χ3v) is 15.0. The molecule has 518 valence electrons. The molecule has 8 atom stereocenters. The van der Waals surface area contributed by atoms with E-state index in [1.807, 2.05) is 126 Å². The molecule has 4 N–H and O–H groups in total. The van der Waals surface area contributed by atoms with Crippen LogP contribution in [0.4, 0.5) is 24.0 Å². The first-order valence-electron chi connectivity index (χ1n) is 31.9. The minimum absolute atomic E-state index is 0.0842. The summed E-state index contributed by atoms with van der Waals surface area (Å²) < 4.78 is 42.3. The number of nitrogens with zero attached hydrogens (tertiary/aromatic N) is 4. The number of halogens is 1. The fraction of sp³-hybridized carbons (Fsp3) is 0.557. The van der Waals surface area contributed by atoms with E-state index in [1.165, 1.54) is 4.90 Å². The van der Waals surface area contributed by atoms with Crippen molar-refractivity contribution in [1.29, 1.82) is 0 Å². The zero-order valence-corrected chi connectivity index (χ0v) is 58.2. The van der Waals surface area contributed by atoms with E-state index in [4.69, 9.17) is 37.9 Å². The number of alkyl carbamates (subject to hydrolysis) is 1. The van der Waals surface area contributed by atoms with Crippen LogP contribution in [0.25, 0.3) is 0 Å². The van der Waals surface area contributed by atoms with Crippen molar-refractivity contribution in [2.45, 2.75) is 181 Å². The number of carbonyl (C=O) groups is 7. The highest BCUT2D eigenvalue weighted by Crippen LogP contribution is 2.31. The van der Waals surface area contributed by atoms with Gasteiger partial charge in [0.1, 0.15) is 49.3 Å². The molecule has 0 spiro atoms. The van der Waals surface area contributed by atoms with Gasteiger partial charge in [0.2, 0.25) is 0 Å². The average Bonchev–Trinajstić information content (AvgIpc) is 1.63. The number of carbonyl (C=O) groups excluding carboxylic acids is 7. The van der Waals surface area contributed by atoms with Gasteiger partial charge in [-0.2, -0.15) is 0 Å². The summed E-state index contributed by atoms with van der Waals surface area (Å²) in [7, 11) is 0. The summed E-state index contributed by atoms with van der Waals surface area (Å²) >= 11 is 2.15. The zero-order valence-electron chi connectivity index (χ0n) is 56.0. The maximum atomic E-state index is 12.2. The Kier molecular flexibility index (Phi) is 31.6. The molecule has 24 heteroatoms. The summed E-state index contributed by atoms with van der Waals surface area (Å²) in [5.41, 5.74) is 2.01. The largest absolute Gasteiger partial charge is 0.460 e. The Balaban J connectivity index is 0.000000227. The molecular weight excluding hydrogens is 1330 g/mol. The number of hydrogen-bond donors (Lipinski definition) is 4. The van der Waals surface area contributed by atoms with E-state index in [0.717, 1.165) is 35.2 Å². The summed E-state index contributed by atoms with van der Waals surface area (Å²) in [4.78, 5) is 92.4. The number of aliphatic hydroxyl groups is 3. The highest BCUT2D eigenvalue weighted by molar-refractivity contribution is 14.1. The Labute approximate surface area is 567 Å². The fourth-order valence-electron chi connectivity index (χ4n) is 10.3. The van der Waals surface area contributed by atoms with Gasteiger partial charge in [0.05, 0.1) is 56.4 Å². The number of β-amino-alcohol motifs (C(OH)–C–C–N with tert-alkyl or cyclic N) is 1. The topological polar surface area (TPSA) is 282 Å². The second kappa shape index (κ2) is 38.3. The molecule has 4 aromatic rings. The van der Waals surface area contributed by atoms with Crippen molar-refractivity contribution in [2.75, 3.05) is 57.3 Å². The molecule has 0 aromatic heterocycles. The third kappa shape index (κ3) is 29.6. The zero-order chi connectivity index (χ0) is 69.0. The number of rotatable bonds is 13. The molecule has 9 rings (SSSR count). The van der Waals surface area contributed by atoms with Gasteiger partial charge in [0.15, 0.2) is 0 Å². The number of alkyl halides is 1. The van der Waals surface area contributed by atoms with Crippen molar-refractivity contribution in [2.24, 2.45) is 11.8 Å². The first kappa shape index (κ1) is 77.4. The standard InChI is InChI=1S/2C19H27NO5.C18H26N2O5.C13H15NO3.CH3I/c2*1-19(2,3)25-17(22)11-15-12-20(10-9-16(15)21)18(23)24-13-14-7-5-4-6-8-14;1-18(2,3)25-16(22)19-14-9-10-20(11-15(14)21)17(23)24-12-13-7-5-4-6-8-13;15-13(14-7-6-11-12(8-14)17-11)16-9-10-4-2-1-3-5-10;1-2/h2*4-8,15-16,21H,9-13H2,1-3H3;4-8,14-15,21H,9-12H2,1-3H3,(H,19,22);1-5,11-12H,6-9H2;1H3/t2*15-,16-;14-,15-;11-,12+;/m0001./s1. The number of hydrogen-bond acceptors (Lipinski definition) is 18. The first-order valence-corrected chi connectivity index (χ1v) is 34.0. The Hall–Kier alpha value is -7.26. The molecule has 23 nitrogen and oxygen atoms in total. The quantitative estimate of drug-likeness (QED) is 0.0318. The fourth-order valence-corrected chi connectivity index (χ4v) is 10.3. The summed E-state index contributed by atoms with van der Waals surface area (Å²) in [5.74, 6) is -1.41. The van der Waals surface area contributed by atoms with Crippen LogP contribution in [0, 0.1) is 11.8 Å². The number of piperidine rings is 4. The van der Waals surface area contributed by atoms with Crippen LogP contribution >= 0.6 is 22.6 Å². The van der Waals surface area contributed by atoms with E-state index in [9.17, 15) is 48.9 Å². The predicted molar refractivity (Wildman–Crippen MR) is 359 cm³/mol. The molecule has 0 unspecified atom stereocenters. The second-order valence-electron chi connectivity index (χ2n) is 26.4. The SMILES string of the molecule is CC(C)(C)OC(=O)C[C@H]1CN(C(=O)OCc2ccccc2)CC[C@@H]1O.CC(C)(C)OC(=O)C[C@H]1CN(C(=O)OCc2ccccc2)CC[C@@H]1O.CC(C)(C)OC(=O)N[C@H]1CCN(C(=O)OCc2ccccc2)C[C@@H]1O.CI.O=C(OCc1ccccc1)N1CC[C@H]2O[C@H]2C1. The Bertz CT molecular complexity index is 2850. The molecule has 94 heavy (non-hydrogen) atoms. The number of aliphatic hydroxyl groups excluding tert-OH is 3. The van der Waals surface area contributed by atoms with Crippen LogP contribution in [0.1, 0.15) is 123 Å². The van der Waals surface area contributed by atoms with Gasteiger partial charge in [-0.05, 0) is 115 Å². The molecule has 0 bridgehead atoms. The van der Waals surface area contributed by atoms with E-state index in [2.05, 4.69) is 27.9 Å². The van der Waals surface area contributed by atoms with E-state index < -0.39 is 65.5 Å². The lowest BCUT2D eigenvalue weighted by Crippen LogP contribution is -2.55. The normalized spacial score (nSPS) is 21.4. The van der Waals surface area contributed by atoms with Crippen LogP contribution in [-0.4, -0.2) is 188 Å². The van der Waals surface area contributed by atoms with Gasteiger partial charge in [0, 0.05) is 51.1 Å². The van der Waals surface area contributed by atoms with Gasteiger partial charge in [-0.1, -0.05) is 144 Å². The molecule has 5 aliphatic heterocycles. The molecule has 5 heterocycles. The van der Waals surface area contributed by atoms with Crippen molar-refractivity contribution in [1.82, 2.24) is 24.9 Å². The number of fused-ring (bicyclic) bond motifs is 1. The lowest BCUT2D eigenvalue weighted by molar-refractivity contribution is -0.158. The summed E-state index contributed by atoms with van der Waals surface area (Å²) in [5, 5.41) is 33.1. The van der Waals surface area contributed by atoms with E-state index >= 15 is 0 Å². The molecule has 0 saturated carbocycles. The Morgan fingerprint density at radius 1 is 0.426 bits per heavy atom. The molecule has 5 fully saturated rings. The van der Waals surface area contributed by atoms with Gasteiger partial charge in [-0.15, -0.1) is 0 Å². The van der Waals surface area contributed by atoms with E-state index in [1.54, 1.807) is 77.0 Å². The van der Waals surface area contributed by atoms with Crippen LogP contribution < -0.4 is 5.32 Å². The van der Waals surface area contributed by atoms with Crippen LogP contribution in [0.5, 0.6) is 0 Å². The van der Waals surface area contributed by atoms with Crippen molar-refractivity contribution in [3.63, 3.8) is 0 Å². The number of nitrogens with one attached hydrogen (secondary N) is 1. The minimum atomic E-state index is -0.870. The number of amides is 5. The predicted octanol–water partition coefficient (Wildman–Crippen LogP) is 10.6. The van der Waals surface area contributed by atoms with Crippen molar-refractivity contribution in [3.05, 3.63) is 144 Å². The van der Waals surface area contributed by atoms with Crippen LogP contribution in [-0.2, 0) is 73.9 Å². The number of benzene rings is 4. The number of esters is 2. The lowest BCUT2D eigenvalue weighted by Gasteiger charge is -2.35. The van der Waals surface area contributed by atoms with Gasteiger partial charge < -0.3 is 78.1 Å². The monoisotopic (exact) mass is 1420 g/mol. The second-order valence-corrected chi connectivity index (χ2v) is 26.4. The van der Waals surface area contributed by atoms with Gasteiger partial charge in [-0.25, -0.2) is 24.0 Å². The van der Waals surface area contributed by atoms with E-state index in [0.29, 0.717) is 58.2 Å². The smallest absolute Gasteiger partial charge is 0.410 e. The molecule has 5 aliphatic rings. The summed E-state index contributed by atoms with van der Waals surface area (Å²) in [6.07, 6.45) is -1.20. The van der Waals surface area contributed by atoms with Crippen molar-refractivity contribution >= 4 is 65.0 Å². The lowest BCUT2D eigenvalue weighted by atomic mass is 9.92.